The van der Waals surface area contributed by atoms with Crippen molar-refractivity contribution in [2.75, 3.05) is 0 Å². The van der Waals surface area contributed by atoms with Crippen molar-refractivity contribution in [2.24, 2.45) is 0 Å². The average Bonchev–Trinajstić information content (AvgIpc) is 2.45. The summed E-state index contributed by atoms with van der Waals surface area (Å²) >= 11 is 0. The van der Waals surface area contributed by atoms with E-state index in [1.807, 2.05) is 0 Å². The van der Waals surface area contributed by atoms with E-state index < -0.39 is 11.6 Å². The van der Waals surface area contributed by atoms with Gasteiger partial charge >= 0.3 is 0 Å². The Kier molecular flexibility index (Phi) is 1.17. The van der Waals surface area contributed by atoms with Crippen molar-refractivity contribution < 1.29 is 8.78 Å². The molecule has 0 amide bonds. The first-order valence-electron chi connectivity index (χ1n) is 3.19. The van der Waals surface area contributed by atoms with E-state index in [2.05, 4.69) is 5.73 Å². The van der Waals surface area contributed by atoms with Gasteiger partial charge in [0.05, 0.1) is 0 Å². The minimum Gasteiger partial charge on any atom is -0.204 e. The van der Waals surface area contributed by atoms with Crippen LogP contribution < -0.4 is 0 Å². The lowest BCUT2D eigenvalue weighted by atomic mass is 10.1. The Hall–Kier alpha value is -1.40. The molecule has 0 unspecified atom stereocenters. The van der Waals surface area contributed by atoms with E-state index in [0.29, 0.717) is 11.1 Å². The quantitative estimate of drug-likeness (QED) is 0.506. The molecule has 0 nitrogen and oxygen atoms in total. The van der Waals surface area contributed by atoms with Gasteiger partial charge in [-0.1, -0.05) is 6.07 Å². The van der Waals surface area contributed by atoms with Gasteiger partial charge in [-0.15, -0.1) is 5.73 Å². The van der Waals surface area contributed by atoms with Gasteiger partial charge in [0.25, 0.3) is 0 Å². The van der Waals surface area contributed by atoms with Gasteiger partial charge < -0.3 is 0 Å². The van der Waals surface area contributed by atoms with Crippen LogP contribution >= 0.6 is 0 Å². The van der Waals surface area contributed by atoms with Crippen molar-refractivity contribution in [1.82, 2.24) is 0 Å². The Morgan fingerprint density at radius 1 is 1.09 bits per heavy atom. The molecule has 2 heteroatoms. The summed E-state index contributed by atoms with van der Waals surface area (Å²) in [5.41, 5.74) is 3.68. The van der Waals surface area contributed by atoms with Crippen molar-refractivity contribution in [3.05, 3.63) is 40.6 Å². The van der Waals surface area contributed by atoms with Crippen LogP contribution in [0.25, 0.3) is 12.2 Å². The molecule has 0 bridgehead atoms. The van der Waals surface area contributed by atoms with E-state index >= 15 is 0 Å². The van der Waals surface area contributed by atoms with E-state index in [1.54, 1.807) is 6.08 Å². The SMILES string of the molecule is Fc1ccc2c(c1F)C=C=C2. The smallest absolute Gasteiger partial charge is 0.167 e. The molecule has 0 fully saturated rings. The Bertz CT molecular complexity index is 371. The van der Waals surface area contributed by atoms with Gasteiger partial charge in [-0.25, -0.2) is 8.78 Å². The molecule has 1 aliphatic rings. The molecule has 0 atom stereocenters. The maximum atomic E-state index is 12.8. The second-order valence-corrected chi connectivity index (χ2v) is 2.32. The lowest BCUT2D eigenvalue weighted by molar-refractivity contribution is 0.507. The molecule has 1 aromatic carbocycles. The molecule has 11 heavy (non-hydrogen) atoms. The van der Waals surface area contributed by atoms with Crippen LogP contribution in [0.5, 0.6) is 0 Å². The predicted molar refractivity (Wildman–Crippen MR) is 38.8 cm³/mol. The minimum absolute atomic E-state index is 0.296. The molecule has 0 aromatic heterocycles. The van der Waals surface area contributed by atoms with Crippen LogP contribution in [0.15, 0.2) is 17.9 Å². The third-order valence-electron chi connectivity index (χ3n) is 1.63. The second-order valence-electron chi connectivity index (χ2n) is 2.32. The highest BCUT2D eigenvalue weighted by Crippen LogP contribution is 2.22. The maximum absolute atomic E-state index is 12.8. The number of benzene rings is 1. The summed E-state index contributed by atoms with van der Waals surface area (Å²) in [5.74, 6) is -1.60. The van der Waals surface area contributed by atoms with E-state index in [4.69, 9.17) is 0 Å². The summed E-state index contributed by atoms with van der Waals surface area (Å²) in [4.78, 5) is 0. The first-order valence-corrected chi connectivity index (χ1v) is 3.19. The molecular weight excluding hydrogens is 146 g/mol. The Morgan fingerprint density at radius 3 is 2.73 bits per heavy atom. The van der Waals surface area contributed by atoms with Crippen molar-refractivity contribution in [1.29, 1.82) is 0 Å². The molecule has 0 heterocycles. The first-order chi connectivity index (χ1) is 5.29. The largest absolute Gasteiger partial charge is 0.204 e. The highest BCUT2D eigenvalue weighted by molar-refractivity contribution is 5.73. The summed E-state index contributed by atoms with van der Waals surface area (Å²) < 4.78 is 25.4. The van der Waals surface area contributed by atoms with Gasteiger partial charge in [-0.05, 0) is 23.8 Å². The molecule has 0 spiro atoms. The van der Waals surface area contributed by atoms with Crippen LogP contribution in [0.1, 0.15) is 11.1 Å². The van der Waals surface area contributed by atoms with Crippen LogP contribution in [-0.4, -0.2) is 0 Å². The molecule has 0 N–H and O–H groups in total. The summed E-state index contributed by atoms with van der Waals surface area (Å²) in [6, 6.07) is 2.65. The monoisotopic (exact) mass is 150 g/mol. The Labute approximate surface area is 62.5 Å². The standard InChI is InChI=1S/C9H4F2/c10-8-5-4-6-2-1-3-7(6)9(8)11/h2-5H. The zero-order chi connectivity index (χ0) is 7.84. The highest BCUT2D eigenvalue weighted by atomic mass is 19.2. The summed E-state index contributed by atoms with van der Waals surface area (Å²) in [7, 11) is 0. The van der Waals surface area contributed by atoms with Crippen molar-refractivity contribution in [2.45, 2.75) is 0 Å². The zero-order valence-corrected chi connectivity index (χ0v) is 5.57. The molecular formula is C9H4F2. The van der Waals surface area contributed by atoms with E-state index in [-0.39, 0.29) is 0 Å². The number of fused-ring (bicyclic) bond motifs is 1. The average molecular weight is 150 g/mol. The topological polar surface area (TPSA) is 0 Å². The molecule has 0 radical (unpaired) electrons. The molecule has 0 saturated carbocycles. The highest BCUT2D eigenvalue weighted by Gasteiger charge is 2.11. The van der Waals surface area contributed by atoms with Gasteiger partial charge in [0.1, 0.15) is 0 Å². The fraction of sp³-hybridized carbons (Fsp3) is 0. The molecule has 54 valence electrons. The molecule has 1 aromatic rings. The fourth-order valence-electron chi connectivity index (χ4n) is 1.07. The van der Waals surface area contributed by atoms with Crippen molar-refractivity contribution in [3.8, 4) is 0 Å². The van der Waals surface area contributed by atoms with Gasteiger partial charge in [0, 0.05) is 5.56 Å². The van der Waals surface area contributed by atoms with Gasteiger partial charge in [-0.3, -0.25) is 0 Å². The minimum atomic E-state index is -0.808. The van der Waals surface area contributed by atoms with Crippen molar-refractivity contribution >= 4 is 12.2 Å². The number of hydrogen-bond acceptors (Lipinski definition) is 0. The number of rotatable bonds is 0. The van der Waals surface area contributed by atoms with Gasteiger partial charge in [-0.2, -0.15) is 0 Å². The lowest BCUT2D eigenvalue weighted by Crippen LogP contribution is -1.89. The predicted octanol–water partition coefficient (Wildman–Crippen LogP) is 2.60. The number of hydrogen-bond donors (Lipinski definition) is 0. The van der Waals surface area contributed by atoms with Gasteiger partial charge in [0.2, 0.25) is 0 Å². The fourth-order valence-corrected chi connectivity index (χ4v) is 1.07. The van der Waals surface area contributed by atoms with Crippen LogP contribution in [0.3, 0.4) is 0 Å². The normalized spacial score (nSPS) is 12.2. The molecule has 0 saturated heterocycles. The van der Waals surface area contributed by atoms with Crippen molar-refractivity contribution in [3.63, 3.8) is 0 Å². The van der Waals surface area contributed by atoms with Gasteiger partial charge in [0.15, 0.2) is 11.6 Å². The van der Waals surface area contributed by atoms with Crippen LogP contribution in [0, 0.1) is 11.6 Å². The van der Waals surface area contributed by atoms with E-state index in [9.17, 15) is 8.78 Å². The summed E-state index contributed by atoms with van der Waals surface area (Å²) in [5, 5.41) is 0. The summed E-state index contributed by atoms with van der Waals surface area (Å²) in [6.45, 7) is 0. The molecule has 0 aliphatic heterocycles. The van der Waals surface area contributed by atoms with Crippen LogP contribution in [0.4, 0.5) is 8.78 Å². The zero-order valence-electron chi connectivity index (χ0n) is 5.57. The third-order valence-corrected chi connectivity index (χ3v) is 1.63. The second kappa shape index (κ2) is 2.04. The molecule has 2 rings (SSSR count). The molecule has 1 aliphatic carbocycles. The first kappa shape index (κ1) is 6.32. The summed E-state index contributed by atoms with van der Waals surface area (Å²) in [6.07, 6.45) is 3.06. The van der Waals surface area contributed by atoms with Crippen LogP contribution in [-0.2, 0) is 0 Å². The lowest BCUT2D eigenvalue weighted by Gasteiger charge is -1.98. The third kappa shape index (κ3) is 0.803. The van der Waals surface area contributed by atoms with Crippen LogP contribution in [0.2, 0.25) is 0 Å². The van der Waals surface area contributed by atoms with E-state index in [1.165, 1.54) is 12.1 Å². The maximum Gasteiger partial charge on any atom is 0.167 e. The Morgan fingerprint density at radius 2 is 1.91 bits per heavy atom. The van der Waals surface area contributed by atoms with E-state index in [0.717, 1.165) is 6.07 Å². The Balaban J connectivity index is 2.75. The number of halogens is 2.